The molecule has 1 heterocycles. The van der Waals surface area contributed by atoms with Gasteiger partial charge in [-0.15, -0.1) is 0 Å². The van der Waals surface area contributed by atoms with E-state index in [2.05, 4.69) is 17.2 Å². The Labute approximate surface area is 118 Å². The molecule has 0 atom stereocenters. The number of nitrogens with zero attached hydrogens (tertiary/aromatic N) is 1. The SMILES string of the molecule is CCCOc1ccc(Cl)cc1CNc1ccccn1. The van der Waals surface area contributed by atoms with Crippen LogP contribution in [0.3, 0.4) is 0 Å². The van der Waals surface area contributed by atoms with E-state index in [-0.39, 0.29) is 0 Å². The molecule has 0 amide bonds. The summed E-state index contributed by atoms with van der Waals surface area (Å²) in [4.78, 5) is 4.22. The topological polar surface area (TPSA) is 34.1 Å². The zero-order chi connectivity index (χ0) is 13.5. The Morgan fingerprint density at radius 2 is 2.16 bits per heavy atom. The van der Waals surface area contributed by atoms with E-state index in [4.69, 9.17) is 16.3 Å². The Kier molecular flexibility index (Phi) is 5.04. The maximum absolute atomic E-state index is 6.03. The lowest BCUT2D eigenvalue weighted by Crippen LogP contribution is -2.05. The van der Waals surface area contributed by atoms with Gasteiger partial charge in [0.15, 0.2) is 0 Å². The molecule has 0 aliphatic heterocycles. The standard InChI is InChI=1S/C15H17ClN2O/c1-2-9-19-14-7-6-13(16)10-12(14)11-18-15-5-3-4-8-17-15/h3-8,10H,2,9,11H2,1H3,(H,17,18). The van der Waals surface area contributed by atoms with Gasteiger partial charge in [-0.05, 0) is 36.8 Å². The highest BCUT2D eigenvalue weighted by Crippen LogP contribution is 2.24. The van der Waals surface area contributed by atoms with E-state index in [1.807, 2.05) is 36.4 Å². The first-order valence-corrected chi connectivity index (χ1v) is 6.73. The molecule has 0 saturated carbocycles. The van der Waals surface area contributed by atoms with E-state index in [0.717, 1.165) is 23.6 Å². The molecule has 2 rings (SSSR count). The normalized spacial score (nSPS) is 10.2. The van der Waals surface area contributed by atoms with Crippen LogP contribution in [0.5, 0.6) is 5.75 Å². The lowest BCUT2D eigenvalue weighted by atomic mass is 10.2. The molecule has 0 spiro atoms. The average molecular weight is 277 g/mol. The molecule has 2 aromatic rings. The Morgan fingerprint density at radius 1 is 1.26 bits per heavy atom. The predicted molar refractivity (Wildman–Crippen MR) is 78.8 cm³/mol. The minimum absolute atomic E-state index is 0.636. The van der Waals surface area contributed by atoms with Crippen molar-refractivity contribution in [1.82, 2.24) is 4.98 Å². The minimum Gasteiger partial charge on any atom is -0.493 e. The Balaban J connectivity index is 2.07. The van der Waals surface area contributed by atoms with E-state index in [1.54, 1.807) is 6.20 Å². The predicted octanol–water partition coefficient (Wildman–Crippen LogP) is 4.14. The van der Waals surface area contributed by atoms with Crippen molar-refractivity contribution in [1.29, 1.82) is 0 Å². The first-order chi connectivity index (χ1) is 9.29. The van der Waals surface area contributed by atoms with E-state index < -0.39 is 0 Å². The van der Waals surface area contributed by atoms with Crippen molar-refractivity contribution in [3.05, 3.63) is 53.2 Å². The van der Waals surface area contributed by atoms with Crippen LogP contribution in [0.1, 0.15) is 18.9 Å². The van der Waals surface area contributed by atoms with Gasteiger partial charge in [-0.3, -0.25) is 0 Å². The molecule has 0 unspecified atom stereocenters. The van der Waals surface area contributed by atoms with Gasteiger partial charge in [-0.25, -0.2) is 4.98 Å². The van der Waals surface area contributed by atoms with Gasteiger partial charge in [0.05, 0.1) is 6.61 Å². The summed E-state index contributed by atoms with van der Waals surface area (Å²) in [5.41, 5.74) is 1.03. The van der Waals surface area contributed by atoms with Crippen molar-refractivity contribution < 1.29 is 4.74 Å². The van der Waals surface area contributed by atoms with Gasteiger partial charge in [0.2, 0.25) is 0 Å². The summed E-state index contributed by atoms with van der Waals surface area (Å²) in [6.45, 7) is 3.43. The third-order valence-electron chi connectivity index (χ3n) is 2.61. The monoisotopic (exact) mass is 276 g/mol. The summed E-state index contributed by atoms with van der Waals surface area (Å²) < 4.78 is 5.71. The highest BCUT2D eigenvalue weighted by molar-refractivity contribution is 6.30. The van der Waals surface area contributed by atoms with Gasteiger partial charge in [0.1, 0.15) is 11.6 Å². The summed E-state index contributed by atoms with van der Waals surface area (Å²) in [7, 11) is 0. The smallest absolute Gasteiger partial charge is 0.126 e. The van der Waals surface area contributed by atoms with Crippen LogP contribution < -0.4 is 10.1 Å². The Morgan fingerprint density at radius 3 is 2.89 bits per heavy atom. The van der Waals surface area contributed by atoms with Crippen molar-refractivity contribution in [3.63, 3.8) is 0 Å². The van der Waals surface area contributed by atoms with E-state index >= 15 is 0 Å². The van der Waals surface area contributed by atoms with Gasteiger partial charge in [-0.2, -0.15) is 0 Å². The summed E-state index contributed by atoms with van der Waals surface area (Å²) in [5, 5.41) is 3.97. The lowest BCUT2D eigenvalue weighted by molar-refractivity contribution is 0.314. The number of nitrogens with one attached hydrogen (secondary N) is 1. The largest absolute Gasteiger partial charge is 0.493 e. The van der Waals surface area contributed by atoms with Crippen molar-refractivity contribution in [2.45, 2.75) is 19.9 Å². The molecule has 1 aromatic carbocycles. The van der Waals surface area contributed by atoms with Crippen LogP contribution in [-0.4, -0.2) is 11.6 Å². The van der Waals surface area contributed by atoms with Crippen LogP contribution >= 0.6 is 11.6 Å². The molecule has 0 radical (unpaired) electrons. The number of hydrogen-bond acceptors (Lipinski definition) is 3. The number of pyridine rings is 1. The van der Waals surface area contributed by atoms with Crippen LogP contribution in [-0.2, 0) is 6.54 Å². The Hall–Kier alpha value is -1.74. The highest BCUT2D eigenvalue weighted by atomic mass is 35.5. The van der Waals surface area contributed by atoms with Crippen molar-refractivity contribution in [2.24, 2.45) is 0 Å². The fourth-order valence-corrected chi connectivity index (χ4v) is 1.89. The van der Waals surface area contributed by atoms with Gasteiger partial charge >= 0.3 is 0 Å². The van der Waals surface area contributed by atoms with Crippen LogP contribution in [0.25, 0.3) is 0 Å². The fraction of sp³-hybridized carbons (Fsp3) is 0.267. The van der Waals surface area contributed by atoms with Crippen molar-refractivity contribution >= 4 is 17.4 Å². The molecule has 1 aromatic heterocycles. The number of halogens is 1. The van der Waals surface area contributed by atoms with Crippen LogP contribution in [0, 0.1) is 0 Å². The Bertz CT molecular complexity index is 517. The molecule has 0 fully saturated rings. The highest BCUT2D eigenvalue weighted by Gasteiger charge is 2.05. The second-order valence-electron chi connectivity index (χ2n) is 4.17. The second kappa shape index (κ2) is 7.00. The molecule has 100 valence electrons. The molecule has 3 nitrogen and oxygen atoms in total. The summed E-state index contributed by atoms with van der Waals surface area (Å²) >= 11 is 6.03. The second-order valence-corrected chi connectivity index (χ2v) is 4.61. The molecule has 0 bridgehead atoms. The molecule has 4 heteroatoms. The number of rotatable bonds is 6. The molecule has 1 N–H and O–H groups in total. The molecule has 19 heavy (non-hydrogen) atoms. The molecular formula is C15H17ClN2O. The molecule has 0 aliphatic rings. The van der Waals surface area contributed by atoms with Gasteiger partial charge in [0, 0.05) is 23.3 Å². The summed E-state index contributed by atoms with van der Waals surface area (Å²) in [5.74, 6) is 1.71. The number of benzene rings is 1. The maximum Gasteiger partial charge on any atom is 0.126 e. The number of anilines is 1. The number of aromatic nitrogens is 1. The van der Waals surface area contributed by atoms with Crippen LogP contribution in [0.4, 0.5) is 5.82 Å². The number of hydrogen-bond donors (Lipinski definition) is 1. The minimum atomic E-state index is 0.636. The summed E-state index contributed by atoms with van der Waals surface area (Å²) in [6.07, 6.45) is 2.74. The third-order valence-corrected chi connectivity index (χ3v) is 2.84. The van der Waals surface area contributed by atoms with Crippen LogP contribution in [0.2, 0.25) is 5.02 Å². The summed E-state index contributed by atoms with van der Waals surface area (Å²) in [6, 6.07) is 11.4. The number of ether oxygens (including phenoxy) is 1. The maximum atomic E-state index is 6.03. The molecule has 0 aliphatic carbocycles. The first kappa shape index (κ1) is 13.7. The quantitative estimate of drug-likeness (QED) is 0.861. The van der Waals surface area contributed by atoms with Crippen molar-refractivity contribution in [3.8, 4) is 5.75 Å². The van der Waals surface area contributed by atoms with E-state index in [0.29, 0.717) is 18.2 Å². The van der Waals surface area contributed by atoms with Crippen LogP contribution in [0.15, 0.2) is 42.6 Å². The van der Waals surface area contributed by atoms with E-state index in [9.17, 15) is 0 Å². The lowest BCUT2D eigenvalue weighted by Gasteiger charge is -2.12. The zero-order valence-electron chi connectivity index (χ0n) is 10.9. The third kappa shape index (κ3) is 4.14. The fourth-order valence-electron chi connectivity index (χ4n) is 1.69. The average Bonchev–Trinajstić information content (AvgIpc) is 2.45. The van der Waals surface area contributed by atoms with Gasteiger partial charge in [0.25, 0.3) is 0 Å². The van der Waals surface area contributed by atoms with Gasteiger partial charge < -0.3 is 10.1 Å². The van der Waals surface area contributed by atoms with E-state index in [1.165, 1.54) is 0 Å². The van der Waals surface area contributed by atoms with Crippen molar-refractivity contribution in [2.75, 3.05) is 11.9 Å². The molecular weight excluding hydrogens is 260 g/mol. The molecule has 0 saturated heterocycles. The zero-order valence-corrected chi connectivity index (χ0v) is 11.7. The van der Waals surface area contributed by atoms with Gasteiger partial charge in [-0.1, -0.05) is 24.6 Å². The first-order valence-electron chi connectivity index (χ1n) is 6.35.